The molecule has 2 amide bonds. The summed E-state index contributed by atoms with van der Waals surface area (Å²) in [4.78, 5) is 17.6. The van der Waals surface area contributed by atoms with Crippen molar-refractivity contribution in [1.29, 1.82) is 5.26 Å². The van der Waals surface area contributed by atoms with E-state index in [4.69, 9.17) is 10.00 Å². The number of hydrazine groups is 1. The molecule has 1 saturated heterocycles. The monoisotopic (exact) mass is 492 g/mol. The maximum absolute atomic E-state index is 13.4. The molecule has 1 aliphatic heterocycles. The number of hydrogen-bond acceptors (Lipinski definition) is 5. The molecule has 182 valence electrons. The van der Waals surface area contributed by atoms with Gasteiger partial charge < -0.3 is 9.64 Å². The normalized spacial score (nSPS) is 14.5. The Labute approximate surface area is 205 Å². The molecular weight excluding hydrogens is 464 g/mol. The summed E-state index contributed by atoms with van der Waals surface area (Å²) < 4.78 is 31.9. The van der Waals surface area contributed by atoms with Crippen molar-refractivity contribution in [2.24, 2.45) is 5.92 Å². The molecule has 0 aromatic heterocycles. The molecule has 1 heterocycles. The first kappa shape index (κ1) is 24.5. The molecule has 8 nitrogen and oxygen atoms in total. The van der Waals surface area contributed by atoms with Gasteiger partial charge in [0.05, 0.1) is 30.2 Å². The second-order valence-electron chi connectivity index (χ2n) is 8.82. The summed E-state index contributed by atoms with van der Waals surface area (Å²) in [7, 11) is -2.47. The van der Waals surface area contributed by atoms with Crippen LogP contribution in [-0.4, -0.2) is 44.6 Å². The van der Waals surface area contributed by atoms with Crippen molar-refractivity contribution in [3.63, 3.8) is 0 Å². The maximum atomic E-state index is 13.4. The summed E-state index contributed by atoms with van der Waals surface area (Å²) in [6, 6.07) is 18.6. The van der Waals surface area contributed by atoms with Gasteiger partial charge in [0.15, 0.2) is 0 Å². The Bertz CT molecular complexity index is 1360. The number of ether oxygens (including phenoxy) is 1. The number of benzene rings is 3. The van der Waals surface area contributed by atoms with Gasteiger partial charge in [0, 0.05) is 13.1 Å². The third-order valence-corrected chi connectivity index (χ3v) is 7.60. The lowest BCUT2D eigenvalue weighted by molar-refractivity contribution is 0.124. The molecular formula is C26H28N4O4S. The van der Waals surface area contributed by atoms with E-state index in [2.05, 4.69) is 17.8 Å². The molecule has 0 saturated carbocycles. The molecule has 1 aliphatic rings. The quantitative estimate of drug-likeness (QED) is 0.518. The number of fused-ring (bicyclic) bond motifs is 1. The van der Waals surface area contributed by atoms with Crippen molar-refractivity contribution in [3.05, 3.63) is 71.8 Å². The lowest BCUT2D eigenvalue weighted by Gasteiger charge is -2.34. The van der Waals surface area contributed by atoms with Gasteiger partial charge in [-0.15, -0.1) is 4.83 Å². The fourth-order valence-electron chi connectivity index (χ4n) is 4.07. The topological polar surface area (TPSA) is 103 Å². The largest absolute Gasteiger partial charge is 0.497 e. The Morgan fingerprint density at radius 1 is 1.09 bits per heavy atom. The van der Waals surface area contributed by atoms with E-state index in [1.165, 1.54) is 6.07 Å². The molecule has 0 spiro atoms. The molecule has 0 bridgehead atoms. The fraction of sp³-hybridized carbons (Fsp3) is 0.308. The van der Waals surface area contributed by atoms with Crippen LogP contribution in [0.5, 0.6) is 5.75 Å². The van der Waals surface area contributed by atoms with Crippen molar-refractivity contribution < 1.29 is 17.9 Å². The van der Waals surface area contributed by atoms with Crippen LogP contribution in [0.15, 0.2) is 65.6 Å². The van der Waals surface area contributed by atoms with Crippen LogP contribution in [0.4, 0.5) is 4.79 Å². The molecule has 0 unspecified atom stereocenters. The van der Waals surface area contributed by atoms with Crippen molar-refractivity contribution in [2.75, 3.05) is 20.2 Å². The minimum absolute atomic E-state index is 0.0284. The highest BCUT2D eigenvalue weighted by Gasteiger charge is 2.29. The molecule has 0 atom stereocenters. The third kappa shape index (κ3) is 5.73. The van der Waals surface area contributed by atoms with Crippen LogP contribution in [0.1, 0.15) is 30.9 Å². The first-order chi connectivity index (χ1) is 16.8. The van der Waals surface area contributed by atoms with Crippen molar-refractivity contribution in [2.45, 2.75) is 31.2 Å². The van der Waals surface area contributed by atoms with Crippen LogP contribution in [0.25, 0.3) is 10.8 Å². The van der Waals surface area contributed by atoms with Crippen LogP contribution in [0.2, 0.25) is 0 Å². The van der Waals surface area contributed by atoms with Crippen LogP contribution < -0.4 is 9.57 Å². The Morgan fingerprint density at radius 3 is 2.40 bits per heavy atom. The highest BCUT2D eigenvalue weighted by molar-refractivity contribution is 7.89. The molecule has 4 rings (SSSR count). The number of carbonyl (C=O) groups is 1. The Kier molecular flexibility index (Phi) is 7.24. The van der Waals surface area contributed by atoms with Crippen molar-refractivity contribution in [1.82, 2.24) is 14.7 Å². The summed E-state index contributed by atoms with van der Waals surface area (Å²) >= 11 is 0. The number of piperidine rings is 1. The van der Waals surface area contributed by atoms with E-state index in [1.54, 1.807) is 60.5 Å². The smallest absolute Gasteiger partial charge is 0.335 e. The Balaban J connectivity index is 1.62. The van der Waals surface area contributed by atoms with E-state index in [-0.39, 0.29) is 11.4 Å². The number of nitriles is 1. The number of amides is 2. The van der Waals surface area contributed by atoms with Gasteiger partial charge in [-0.2, -0.15) is 5.26 Å². The Morgan fingerprint density at radius 2 is 1.74 bits per heavy atom. The maximum Gasteiger partial charge on any atom is 0.335 e. The number of urea groups is 1. The average molecular weight is 493 g/mol. The highest BCUT2D eigenvalue weighted by Crippen LogP contribution is 2.24. The van der Waals surface area contributed by atoms with Gasteiger partial charge in [0.1, 0.15) is 5.75 Å². The molecule has 3 aromatic carbocycles. The predicted molar refractivity (Wildman–Crippen MR) is 133 cm³/mol. The summed E-state index contributed by atoms with van der Waals surface area (Å²) in [5, 5.41) is 11.8. The van der Waals surface area contributed by atoms with E-state index in [9.17, 15) is 13.2 Å². The minimum atomic E-state index is -4.05. The zero-order valence-corrected chi connectivity index (χ0v) is 20.6. The molecule has 1 N–H and O–H groups in total. The molecule has 3 aromatic rings. The molecule has 35 heavy (non-hydrogen) atoms. The predicted octanol–water partition coefficient (Wildman–Crippen LogP) is 4.27. The van der Waals surface area contributed by atoms with Gasteiger partial charge in [0.2, 0.25) is 0 Å². The second-order valence-corrected chi connectivity index (χ2v) is 10.5. The van der Waals surface area contributed by atoms with Crippen LogP contribution in [-0.2, 0) is 16.6 Å². The van der Waals surface area contributed by atoms with Crippen LogP contribution in [0, 0.1) is 17.2 Å². The first-order valence-electron chi connectivity index (χ1n) is 11.4. The average Bonchev–Trinajstić information content (AvgIpc) is 2.88. The summed E-state index contributed by atoms with van der Waals surface area (Å²) in [6.45, 7) is 3.32. The van der Waals surface area contributed by atoms with E-state index < -0.39 is 16.1 Å². The Hall–Kier alpha value is -3.61. The van der Waals surface area contributed by atoms with Crippen LogP contribution >= 0.6 is 0 Å². The number of hydrogen-bond donors (Lipinski definition) is 1. The number of sulfonamides is 1. The number of nitrogens with zero attached hydrogens (tertiary/aromatic N) is 3. The van der Waals surface area contributed by atoms with Gasteiger partial charge in [-0.05, 0) is 71.5 Å². The molecule has 9 heteroatoms. The van der Waals surface area contributed by atoms with E-state index in [1.807, 2.05) is 6.07 Å². The lowest BCUT2D eigenvalue weighted by Crippen LogP contribution is -2.53. The van der Waals surface area contributed by atoms with E-state index >= 15 is 0 Å². The van der Waals surface area contributed by atoms with Gasteiger partial charge in [-0.25, -0.2) is 18.2 Å². The van der Waals surface area contributed by atoms with Gasteiger partial charge in [-0.3, -0.25) is 0 Å². The van der Waals surface area contributed by atoms with Gasteiger partial charge >= 0.3 is 6.03 Å². The minimum Gasteiger partial charge on any atom is -0.497 e. The molecule has 0 radical (unpaired) electrons. The highest BCUT2D eigenvalue weighted by atomic mass is 32.2. The van der Waals surface area contributed by atoms with Gasteiger partial charge in [-0.1, -0.05) is 31.2 Å². The number of rotatable bonds is 6. The number of likely N-dealkylation sites (tertiary alicyclic amines) is 1. The third-order valence-electron chi connectivity index (χ3n) is 6.27. The zero-order valence-electron chi connectivity index (χ0n) is 19.8. The van der Waals surface area contributed by atoms with Crippen LogP contribution in [0.3, 0.4) is 0 Å². The number of nitrogens with one attached hydrogen (secondary N) is 1. The standard InChI is InChI=1S/C26H28N4O4S/c1-19-11-13-29(14-12-19)26(31)30(18-21-5-3-20(17-27)4-6-21)28-35(32,33)25-10-8-22-15-24(34-2)9-7-23(22)16-25/h3-10,15-16,19,28H,11-14,18H2,1-2H3. The van der Waals surface area contributed by atoms with Crippen molar-refractivity contribution >= 4 is 26.8 Å². The zero-order chi connectivity index (χ0) is 25.0. The van der Waals surface area contributed by atoms with E-state index in [0.29, 0.717) is 35.9 Å². The molecule has 1 fully saturated rings. The SMILES string of the molecule is COc1ccc2cc(S(=O)(=O)NN(Cc3ccc(C#N)cc3)C(=O)N3CCC(C)CC3)ccc2c1. The molecule has 0 aliphatic carbocycles. The van der Waals surface area contributed by atoms with Gasteiger partial charge in [0.25, 0.3) is 10.0 Å². The summed E-state index contributed by atoms with van der Waals surface area (Å²) in [5.41, 5.74) is 1.20. The summed E-state index contributed by atoms with van der Waals surface area (Å²) in [5.74, 6) is 1.21. The second kappa shape index (κ2) is 10.3. The van der Waals surface area contributed by atoms with E-state index in [0.717, 1.165) is 28.6 Å². The van der Waals surface area contributed by atoms with Crippen molar-refractivity contribution in [3.8, 4) is 11.8 Å². The summed E-state index contributed by atoms with van der Waals surface area (Å²) in [6.07, 6.45) is 1.74. The lowest BCUT2D eigenvalue weighted by atomic mass is 10.00. The first-order valence-corrected chi connectivity index (χ1v) is 12.9. The number of methoxy groups -OCH3 is 1. The number of carbonyl (C=O) groups excluding carboxylic acids is 1. The fourth-order valence-corrected chi connectivity index (χ4v) is 5.14.